The molecule has 0 unspecified atom stereocenters. The number of carbonyl (C=O) groups excluding carboxylic acids is 1. The normalized spacial score (nSPS) is 10.8. The highest BCUT2D eigenvalue weighted by atomic mass is 16.6. The van der Waals surface area contributed by atoms with Crippen LogP contribution in [0.25, 0.3) is 0 Å². The third-order valence-corrected chi connectivity index (χ3v) is 6.16. The lowest BCUT2D eigenvalue weighted by Crippen LogP contribution is -2.31. The number of hydrogen-bond donors (Lipinski definition) is 1. The molecule has 0 aliphatic carbocycles. The lowest BCUT2D eigenvalue weighted by Gasteiger charge is -2.25. The fourth-order valence-corrected chi connectivity index (χ4v) is 4.15. The van der Waals surface area contributed by atoms with Crippen molar-refractivity contribution in [2.75, 3.05) is 37.5 Å². The largest absolute Gasteiger partial charge is 0.492 e. The minimum absolute atomic E-state index is 0.351. The molecular weight excluding hydrogens is 490 g/mol. The molecule has 8 nitrogen and oxygen atoms in total. The van der Waals surface area contributed by atoms with Gasteiger partial charge in [-0.1, -0.05) is 35.9 Å². The number of amides is 1. The summed E-state index contributed by atoms with van der Waals surface area (Å²) in [5, 5.41) is 3.22. The molecule has 1 aromatic heterocycles. The van der Waals surface area contributed by atoms with Gasteiger partial charge in [0.15, 0.2) is 0 Å². The number of hydrogen-bond acceptors (Lipinski definition) is 7. The first-order valence-electron chi connectivity index (χ1n) is 12.8. The summed E-state index contributed by atoms with van der Waals surface area (Å²) in [4.78, 5) is 26.3. The zero-order chi connectivity index (χ0) is 27.9. The highest BCUT2D eigenvalue weighted by molar-refractivity contribution is 5.98. The molecular formula is C31H35N5O3. The minimum atomic E-state index is -0.553. The number of nitrogens with zero attached hydrogens (tertiary/aromatic N) is 4. The predicted molar refractivity (Wildman–Crippen MR) is 156 cm³/mol. The number of anilines is 4. The average Bonchev–Trinajstić information content (AvgIpc) is 2.89. The summed E-state index contributed by atoms with van der Waals surface area (Å²) in [6.07, 6.45) is 1.07. The molecule has 0 saturated carbocycles. The molecule has 0 bridgehead atoms. The number of likely N-dealkylation sites (N-methyl/N-ethyl adjacent to an activating group) is 1. The van der Waals surface area contributed by atoms with E-state index in [9.17, 15) is 4.79 Å². The zero-order valence-corrected chi connectivity index (χ0v) is 23.4. The van der Waals surface area contributed by atoms with Crippen molar-refractivity contribution in [3.05, 3.63) is 95.2 Å². The highest BCUT2D eigenvalue weighted by Gasteiger charge is 2.26. The Kier molecular flexibility index (Phi) is 8.78. The van der Waals surface area contributed by atoms with Crippen molar-refractivity contribution in [3.8, 4) is 11.5 Å². The van der Waals surface area contributed by atoms with Gasteiger partial charge in [-0.15, -0.1) is 0 Å². The number of para-hydroxylation sites is 1. The van der Waals surface area contributed by atoms with E-state index in [0.29, 0.717) is 24.1 Å². The van der Waals surface area contributed by atoms with Crippen molar-refractivity contribution in [2.24, 2.45) is 0 Å². The third kappa shape index (κ3) is 7.12. The summed E-state index contributed by atoms with van der Waals surface area (Å²) in [7, 11) is 4.02. The van der Waals surface area contributed by atoms with Crippen molar-refractivity contribution in [2.45, 2.75) is 27.7 Å². The second-order valence-corrected chi connectivity index (χ2v) is 9.75. The average molecular weight is 526 g/mol. The van der Waals surface area contributed by atoms with Gasteiger partial charge in [0.05, 0.1) is 5.69 Å². The SMILES string of the molecule is Cc1ccc(OC(=O)N(c2ccnc(Nc3ccc(OCCN(C)C)cc3)n2)c2c(C)cccc2C)c(C)c1. The predicted octanol–water partition coefficient (Wildman–Crippen LogP) is 6.73. The summed E-state index contributed by atoms with van der Waals surface area (Å²) in [5.74, 6) is 2.03. The van der Waals surface area contributed by atoms with E-state index in [1.807, 2.05) is 102 Å². The molecule has 0 spiro atoms. The topological polar surface area (TPSA) is 79.8 Å². The van der Waals surface area contributed by atoms with Gasteiger partial charge in [0.1, 0.15) is 23.9 Å². The summed E-state index contributed by atoms with van der Waals surface area (Å²) >= 11 is 0. The Bertz CT molecular complexity index is 1420. The molecule has 1 amide bonds. The number of aryl methyl sites for hydroxylation is 4. The zero-order valence-electron chi connectivity index (χ0n) is 23.4. The van der Waals surface area contributed by atoms with Crippen LogP contribution in [0.1, 0.15) is 22.3 Å². The van der Waals surface area contributed by atoms with Crippen molar-refractivity contribution < 1.29 is 14.3 Å². The molecule has 202 valence electrons. The Balaban J connectivity index is 1.61. The van der Waals surface area contributed by atoms with Crippen LogP contribution in [0.15, 0.2) is 72.9 Å². The first-order valence-corrected chi connectivity index (χ1v) is 12.8. The first kappa shape index (κ1) is 27.6. The van der Waals surface area contributed by atoms with E-state index in [4.69, 9.17) is 9.47 Å². The second kappa shape index (κ2) is 12.4. The van der Waals surface area contributed by atoms with Gasteiger partial charge in [-0.2, -0.15) is 4.98 Å². The van der Waals surface area contributed by atoms with E-state index in [1.54, 1.807) is 12.3 Å². The molecule has 4 rings (SSSR count). The Hall–Kier alpha value is -4.43. The number of nitrogens with one attached hydrogen (secondary N) is 1. The third-order valence-electron chi connectivity index (χ3n) is 6.16. The van der Waals surface area contributed by atoms with Crippen LogP contribution in [-0.4, -0.2) is 48.2 Å². The standard InChI is InChI=1S/C31H35N5O3/c1-21-10-15-27(24(4)20-21)39-31(37)36(29-22(2)8-7-9-23(29)3)28-16-17-32-30(34-28)33-25-11-13-26(14-12-25)38-19-18-35(5)6/h7-17,20H,18-19H2,1-6H3,(H,32,33,34). The van der Waals surface area contributed by atoms with Crippen LogP contribution in [0, 0.1) is 27.7 Å². The van der Waals surface area contributed by atoms with Crippen LogP contribution in [0.4, 0.5) is 27.9 Å². The number of ether oxygens (including phenoxy) is 2. The molecule has 0 aliphatic rings. The van der Waals surface area contributed by atoms with Crippen LogP contribution >= 0.6 is 0 Å². The summed E-state index contributed by atoms with van der Waals surface area (Å²) < 4.78 is 11.7. The molecule has 0 atom stereocenters. The maximum absolute atomic E-state index is 13.7. The lowest BCUT2D eigenvalue weighted by molar-refractivity contribution is 0.210. The lowest BCUT2D eigenvalue weighted by atomic mass is 10.1. The van der Waals surface area contributed by atoms with E-state index in [0.717, 1.165) is 45.9 Å². The van der Waals surface area contributed by atoms with E-state index in [-0.39, 0.29) is 0 Å². The van der Waals surface area contributed by atoms with Crippen LogP contribution in [0.2, 0.25) is 0 Å². The van der Waals surface area contributed by atoms with Gasteiger partial charge >= 0.3 is 6.09 Å². The van der Waals surface area contributed by atoms with Gasteiger partial charge in [0.25, 0.3) is 0 Å². The van der Waals surface area contributed by atoms with Crippen LogP contribution in [-0.2, 0) is 0 Å². The fraction of sp³-hybridized carbons (Fsp3) is 0.258. The van der Waals surface area contributed by atoms with Crippen molar-refractivity contribution in [3.63, 3.8) is 0 Å². The molecule has 1 N–H and O–H groups in total. The number of benzene rings is 3. The van der Waals surface area contributed by atoms with Gasteiger partial charge in [-0.25, -0.2) is 14.7 Å². The molecule has 0 saturated heterocycles. The van der Waals surface area contributed by atoms with Crippen LogP contribution in [0.5, 0.6) is 11.5 Å². The Morgan fingerprint density at radius 1 is 0.897 bits per heavy atom. The monoisotopic (exact) mass is 525 g/mol. The molecule has 4 aromatic rings. The second-order valence-electron chi connectivity index (χ2n) is 9.75. The Labute approximate surface area is 230 Å². The number of carbonyl (C=O) groups is 1. The van der Waals surface area contributed by atoms with E-state index in [1.165, 1.54) is 4.90 Å². The van der Waals surface area contributed by atoms with Crippen LogP contribution in [0.3, 0.4) is 0 Å². The highest BCUT2D eigenvalue weighted by Crippen LogP contribution is 2.33. The van der Waals surface area contributed by atoms with Gasteiger partial charge < -0.3 is 19.7 Å². The Morgan fingerprint density at radius 3 is 2.28 bits per heavy atom. The number of aromatic nitrogens is 2. The smallest absolute Gasteiger partial charge is 0.425 e. The van der Waals surface area contributed by atoms with Crippen molar-refractivity contribution >= 4 is 29.2 Å². The maximum atomic E-state index is 13.7. The van der Waals surface area contributed by atoms with Gasteiger partial charge in [0.2, 0.25) is 5.95 Å². The van der Waals surface area contributed by atoms with E-state index in [2.05, 4.69) is 20.2 Å². The van der Waals surface area contributed by atoms with E-state index >= 15 is 0 Å². The fourth-order valence-electron chi connectivity index (χ4n) is 4.15. The van der Waals surface area contributed by atoms with E-state index < -0.39 is 6.09 Å². The number of rotatable bonds is 9. The Morgan fingerprint density at radius 2 is 1.62 bits per heavy atom. The first-order chi connectivity index (χ1) is 18.7. The molecule has 3 aromatic carbocycles. The molecule has 0 fully saturated rings. The molecule has 0 aliphatic heterocycles. The maximum Gasteiger partial charge on any atom is 0.425 e. The molecule has 8 heteroatoms. The summed E-state index contributed by atoms with van der Waals surface area (Å²) in [6, 6.07) is 20.9. The van der Waals surface area contributed by atoms with Crippen molar-refractivity contribution in [1.82, 2.24) is 14.9 Å². The van der Waals surface area contributed by atoms with Crippen LogP contribution < -0.4 is 19.7 Å². The molecule has 1 heterocycles. The summed E-state index contributed by atoms with van der Waals surface area (Å²) in [6.45, 7) is 9.29. The minimum Gasteiger partial charge on any atom is -0.492 e. The molecule has 39 heavy (non-hydrogen) atoms. The van der Waals surface area contributed by atoms with Crippen molar-refractivity contribution in [1.29, 1.82) is 0 Å². The van der Waals surface area contributed by atoms with Gasteiger partial charge in [-0.05, 0) is 88.8 Å². The van der Waals surface area contributed by atoms with Gasteiger partial charge in [0, 0.05) is 24.5 Å². The molecule has 0 radical (unpaired) electrons. The van der Waals surface area contributed by atoms with Gasteiger partial charge in [-0.3, -0.25) is 0 Å². The summed E-state index contributed by atoms with van der Waals surface area (Å²) in [5.41, 5.74) is 5.33. The quantitative estimate of drug-likeness (QED) is 0.259.